The van der Waals surface area contributed by atoms with E-state index in [0.717, 1.165) is 10.0 Å². The summed E-state index contributed by atoms with van der Waals surface area (Å²) >= 11 is 8.38. The molecule has 0 radical (unpaired) electrons. The minimum atomic E-state index is -0.434. The number of hydrogen-bond donors (Lipinski definition) is 3. The van der Waals surface area contributed by atoms with Crippen molar-refractivity contribution in [3.63, 3.8) is 0 Å². The normalized spacial score (nSPS) is 10.0. The van der Waals surface area contributed by atoms with Gasteiger partial charge in [0.25, 0.3) is 5.91 Å². The first-order chi connectivity index (χ1) is 13.0. The van der Waals surface area contributed by atoms with Crippen LogP contribution in [0.2, 0.25) is 0 Å². The number of nitrogens with one attached hydrogen (secondary N) is 3. The van der Waals surface area contributed by atoms with Gasteiger partial charge >= 0.3 is 0 Å². The first kappa shape index (κ1) is 20.9. The molecule has 2 rings (SSSR count). The van der Waals surface area contributed by atoms with Crippen LogP contribution < -0.4 is 20.9 Å². The lowest BCUT2D eigenvalue weighted by Gasteiger charge is -2.13. The summed E-state index contributed by atoms with van der Waals surface area (Å²) in [5, 5.41) is 2.51. The second kappa shape index (κ2) is 10.6. The van der Waals surface area contributed by atoms with Crippen LogP contribution in [0.1, 0.15) is 29.3 Å². The quantitative estimate of drug-likeness (QED) is 0.466. The zero-order valence-corrected chi connectivity index (χ0v) is 17.2. The fourth-order valence-corrected chi connectivity index (χ4v) is 2.76. The van der Waals surface area contributed by atoms with E-state index >= 15 is 0 Å². The van der Waals surface area contributed by atoms with Crippen LogP contribution in [0.25, 0.3) is 0 Å². The summed E-state index contributed by atoms with van der Waals surface area (Å²) < 4.78 is 6.19. The number of ether oxygens (including phenoxy) is 1. The summed E-state index contributed by atoms with van der Waals surface area (Å²) in [6, 6.07) is 14.8. The van der Waals surface area contributed by atoms with Gasteiger partial charge in [-0.2, -0.15) is 0 Å². The van der Waals surface area contributed by atoms with Crippen molar-refractivity contribution in [2.24, 2.45) is 0 Å². The number of hydrogen-bond acceptors (Lipinski definition) is 4. The molecule has 27 heavy (non-hydrogen) atoms. The largest absolute Gasteiger partial charge is 0.493 e. The van der Waals surface area contributed by atoms with Crippen molar-refractivity contribution in [1.29, 1.82) is 0 Å². The molecule has 0 aromatic heterocycles. The van der Waals surface area contributed by atoms with E-state index in [1.807, 2.05) is 37.3 Å². The molecule has 0 heterocycles. The first-order valence-electron chi connectivity index (χ1n) is 8.36. The van der Waals surface area contributed by atoms with Crippen LogP contribution in [0.15, 0.2) is 53.0 Å². The number of benzene rings is 2. The Bertz CT molecular complexity index is 815. The van der Waals surface area contributed by atoms with E-state index in [1.54, 1.807) is 18.2 Å². The van der Waals surface area contributed by atoms with Gasteiger partial charge in [-0.1, -0.05) is 46.3 Å². The molecule has 142 valence electrons. The number of carbonyl (C=O) groups is 2. The van der Waals surface area contributed by atoms with Crippen LogP contribution in [-0.2, 0) is 11.2 Å². The lowest BCUT2D eigenvalue weighted by atomic mass is 10.1. The molecule has 8 heteroatoms. The van der Waals surface area contributed by atoms with E-state index in [4.69, 9.17) is 17.0 Å². The highest BCUT2D eigenvalue weighted by atomic mass is 79.9. The molecule has 3 N–H and O–H groups in total. The maximum atomic E-state index is 12.4. The highest BCUT2D eigenvalue weighted by Crippen LogP contribution is 2.23. The third kappa shape index (κ3) is 6.99. The van der Waals surface area contributed by atoms with Crippen molar-refractivity contribution in [1.82, 2.24) is 16.2 Å². The molecule has 0 atom stereocenters. The molecule has 0 saturated carbocycles. The van der Waals surface area contributed by atoms with Gasteiger partial charge in [0.15, 0.2) is 5.11 Å². The maximum Gasteiger partial charge on any atom is 0.261 e. The Labute approximate surface area is 171 Å². The van der Waals surface area contributed by atoms with E-state index in [1.165, 1.54) is 0 Å². The number of halogens is 1. The first-order valence-corrected chi connectivity index (χ1v) is 9.56. The summed E-state index contributed by atoms with van der Waals surface area (Å²) in [4.78, 5) is 24.3. The average Bonchev–Trinajstić information content (AvgIpc) is 2.67. The van der Waals surface area contributed by atoms with Gasteiger partial charge in [-0.05, 0) is 49.3 Å². The zero-order chi connectivity index (χ0) is 19.6. The Kier molecular flexibility index (Phi) is 8.22. The van der Waals surface area contributed by atoms with Gasteiger partial charge in [-0.25, -0.2) is 0 Å². The fourth-order valence-electron chi connectivity index (χ4n) is 2.25. The van der Waals surface area contributed by atoms with Crippen molar-refractivity contribution in [3.05, 3.63) is 64.1 Å². The van der Waals surface area contributed by atoms with Crippen LogP contribution in [0.4, 0.5) is 0 Å². The second-order valence-electron chi connectivity index (χ2n) is 5.52. The molecule has 0 saturated heterocycles. The van der Waals surface area contributed by atoms with E-state index in [0.29, 0.717) is 30.8 Å². The number of thiocarbonyl (C=S) groups is 1. The summed E-state index contributed by atoms with van der Waals surface area (Å²) in [5.74, 6) is -0.211. The Morgan fingerprint density at radius 3 is 2.56 bits per heavy atom. The Morgan fingerprint density at radius 1 is 1.11 bits per heavy atom. The van der Waals surface area contributed by atoms with Gasteiger partial charge in [0.2, 0.25) is 5.91 Å². The van der Waals surface area contributed by atoms with Crippen LogP contribution in [-0.4, -0.2) is 23.5 Å². The molecule has 0 bridgehead atoms. The van der Waals surface area contributed by atoms with Gasteiger partial charge in [-0.15, -0.1) is 0 Å². The van der Waals surface area contributed by atoms with Gasteiger partial charge < -0.3 is 4.74 Å². The van der Waals surface area contributed by atoms with Crippen LogP contribution >= 0.6 is 28.1 Å². The predicted octanol–water partition coefficient (Wildman–Crippen LogP) is 3.12. The number of amides is 2. The summed E-state index contributed by atoms with van der Waals surface area (Å²) in [7, 11) is 0. The van der Waals surface area contributed by atoms with Gasteiger partial charge in [0, 0.05) is 10.9 Å². The van der Waals surface area contributed by atoms with Crippen LogP contribution in [0, 0.1) is 0 Å². The minimum absolute atomic E-state index is 0.00418. The monoisotopic (exact) mass is 449 g/mol. The molecule has 0 unspecified atom stereocenters. The summed E-state index contributed by atoms with van der Waals surface area (Å²) in [6.07, 6.45) is 0.914. The topological polar surface area (TPSA) is 79.5 Å². The molecule has 6 nitrogen and oxygen atoms in total. The molecular formula is C19H20BrN3O3S. The van der Waals surface area contributed by atoms with Gasteiger partial charge in [0.1, 0.15) is 5.75 Å². The Hall–Kier alpha value is -2.45. The lowest BCUT2D eigenvalue weighted by Crippen LogP contribution is -2.48. The highest BCUT2D eigenvalue weighted by Gasteiger charge is 2.15. The third-order valence-corrected chi connectivity index (χ3v) is 4.21. The van der Waals surface area contributed by atoms with Crippen molar-refractivity contribution < 1.29 is 14.3 Å². The number of hydrazine groups is 1. The molecule has 2 amide bonds. The standard InChI is InChI=1S/C19H20BrN3O3S/c1-2-26-16-10-9-14(20)12-15(16)18(25)21-19(27)23-22-17(24)11-8-13-6-4-3-5-7-13/h3-7,9-10,12H,2,8,11H2,1H3,(H,22,24)(H2,21,23,25,27). The lowest BCUT2D eigenvalue weighted by molar-refractivity contribution is -0.121. The molecule has 2 aromatic rings. The number of aryl methyl sites for hydroxylation is 1. The van der Waals surface area contributed by atoms with E-state index in [9.17, 15) is 9.59 Å². The van der Waals surface area contributed by atoms with Crippen molar-refractivity contribution in [3.8, 4) is 5.75 Å². The molecule has 0 aliphatic carbocycles. The van der Waals surface area contributed by atoms with Crippen molar-refractivity contribution >= 4 is 45.1 Å². The molecule has 0 aliphatic heterocycles. The van der Waals surface area contributed by atoms with E-state index < -0.39 is 5.91 Å². The highest BCUT2D eigenvalue weighted by molar-refractivity contribution is 9.10. The van der Waals surface area contributed by atoms with E-state index in [2.05, 4.69) is 32.1 Å². The smallest absolute Gasteiger partial charge is 0.261 e. The predicted molar refractivity (Wildman–Crippen MR) is 111 cm³/mol. The molecule has 0 spiro atoms. The number of carbonyl (C=O) groups excluding carboxylic acids is 2. The van der Waals surface area contributed by atoms with Crippen molar-refractivity contribution in [2.45, 2.75) is 19.8 Å². The Morgan fingerprint density at radius 2 is 1.85 bits per heavy atom. The molecule has 2 aromatic carbocycles. The minimum Gasteiger partial charge on any atom is -0.493 e. The van der Waals surface area contributed by atoms with Crippen LogP contribution in [0.5, 0.6) is 5.75 Å². The SMILES string of the molecule is CCOc1ccc(Br)cc1C(=O)NC(=S)NNC(=O)CCc1ccccc1. The summed E-state index contributed by atoms with van der Waals surface area (Å²) in [6.45, 7) is 2.27. The fraction of sp³-hybridized carbons (Fsp3) is 0.211. The average molecular weight is 450 g/mol. The molecule has 0 aliphatic rings. The second-order valence-corrected chi connectivity index (χ2v) is 6.84. The van der Waals surface area contributed by atoms with Crippen LogP contribution in [0.3, 0.4) is 0 Å². The number of rotatable bonds is 6. The Balaban J connectivity index is 1.82. The maximum absolute atomic E-state index is 12.4. The summed E-state index contributed by atoms with van der Waals surface area (Å²) in [5.41, 5.74) is 6.42. The van der Waals surface area contributed by atoms with E-state index in [-0.39, 0.29) is 11.0 Å². The van der Waals surface area contributed by atoms with Gasteiger partial charge in [0.05, 0.1) is 12.2 Å². The van der Waals surface area contributed by atoms with Crippen molar-refractivity contribution in [2.75, 3.05) is 6.61 Å². The molecule has 0 fully saturated rings. The molecular weight excluding hydrogens is 430 g/mol. The van der Waals surface area contributed by atoms with Gasteiger partial charge in [-0.3, -0.25) is 25.8 Å². The third-order valence-electron chi connectivity index (χ3n) is 3.51. The zero-order valence-electron chi connectivity index (χ0n) is 14.8.